The van der Waals surface area contributed by atoms with E-state index in [0.29, 0.717) is 5.69 Å². The number of carbonyl (C=O) groups excluding carboxylic acids is 1. The molecular formula is C8H9NO4S. The van der Waals surface area contributed by atoms with Crippen LogP contribution in [0.15, 0.2) is 29.2 Å². The average molecular weight is 215 g/mol. The summed E-state index contributed by atoms with van der Waals surface area (Å²) >= 11 is 0. The Morgan fingerprint density at radius 1 is 1.29 bits per heavy atom. The fourth-order valence-electron chi connectivity index (χ4n) is 0.837. The number of nitrogen functional groups attached to an aromatic ring is 1. The maximum Gasteiger partial charge on any atom is 0.341 e. The molecule has 14 heavy (non-hydrogen) atoms. The van der Waals surface area contributed by atoms with Gasteiger partial charge in [0.25, 0.3) is 0 Å². The summed E-state index contributed by atoms with van der Waals surface area (Å²) in [6.45, 7) is 1.02. The first kappa shape index (κ1) is 10.5. The Bertz CT molecular complexity index is 435. The minimum absolute atomic E-state index is 0.0955. The lowest BCUT2D eigenvalue weighted by atomic mass is 10.3. The molecule has 0 aromatic heterocycles. The summed E-state index contributed by atoms with van der Waals surface area (Å²) in [5, 5.41) is 0. The first-order valence-electron chi connectivity index (χ1n) is 3.72. The molecule has 0 atom stereocenters. The Balaban J connectivity index is 3.05. The van der Waals surface area contributed by atoms with Crippen LogP contribution in [0, 0.1) is 0 Å². The summed E-state index contributed by atoms with van der Waals surface area (Å²) in [4.78, 5) is 10.4. The van der Waals surface area contributed by atoms with Crippen molar-refractivity contribution in [1.82, 2.24) is 0 Å². The molecule has 0 bridgehead atoms. The van der Waals surface area contributed by atoms with E-state index in [0.717, 1.165) is 6.92 Å². The van der Waals surface area contributed by atoms with Gasteiger partial charge in [0.2, 0.25) is 0 Å². The van der Waals surface area contributed by atoms with Crippen molar-refractivity contribution in [1.29, 1.82) is 0 Å². The third-order valence-electron chi connectivity index (χ3n) is 1.40. The summed E-state index contributed by atoms with van der Waals surface area (Å²) in [5.41, 5.74) is 5.81. The Labute approximate surface area is 81.6 Å². The molecule has 0 aliphatic rings. The minimum Gasteiger partial charge on any atom is -0.399 e. The van der Waals surface area contributed by atoms with Crippen molar-refractivity contribution in [3.63, 3.8) is 0 Å². The second kappa shape index (κ2) is 3.67. The largest absolute Gasteiger partial charge is 0.399 e. The van der Waals surface area contributed by atoms with E-state index in [1.807, 2.05) is 0 Å². The highest BCUT2D eigenvalue weighted by atomic mass is 32.2. The van der Waals surface area contributed by atoms with Crippen LogP contribution < -0.4 is 5.73 Å². The Morgan fingerprint density at radius 3 is 2.21 bits per heavy atom. The molecule has 5 nitrogen and oxygen atoms in total. The Morgan fingerprint density at radius 2 is 1.79 bits per heavy atom. The maximum atomic E-state index is 11.3. The van der Waals surface area contributed by atoms with E-state index in [2.05, 4.69) is 4.18 Å². The van der Waals surface area contributed by atoms with Crippen molar-refractivity contribution >= 4 is 21.8 Å². The lowest BCUT2D eigenvalue weighted by Gasteiger charge is -2.02. The molecule has 0 saturated heterocycles. The highest BCUT2D eigenvalue weighted by molar-refractivity contribution is 7.87. The molecule has 0 unspecified atom stereocenters. The van der Waals surface area contributed by atoms with Crippen LogP contribution in [0.5, 0.6) is 0 Å². The quantitative estimate of drug-likeness (QED) is 0.574. The summed E-state index contributed by atoms with van der Waals surface area (Å²) < 4.78 is 26.7. The number of rotatable bonds is 2. The van der Waals surface area contributed by atoms with Crippen LogP contribution in [0.2, 0.25) is 0 Å². The minimum atomic E-state index is -3.98. The van der Waals surface area contributed by atoms with Crippen LogP contribution in [0.25, 0.3) is 0 Å². The zero-order valence-corrected chi connectivity index (χ0v) is 8.24. The fraction of sp³-hybridized carbons (Fsp3) is 0.125. The van der Waals surface area contributed by atoms with Crippen LogP contribution in [-0.2, 0) is 19.1 Å². The lowest BCUT2D eigenvalue weighted by Crippen LogP contribution is -2.10. The lowest BCUT2D eigenvalue weighted by molar-refractivity contribution is -0.131. The standard InChI is InChI=1S/C8H9NO4S/c1-6(10)13-14(11,12)8-4-2-7(9)3-5-8/h2-5H,9H2,1H3. The second-order valence-corrected chi connectivity index (χ2v) is 4.14. The highest BCUT2D eigenvalue weighted by Gasteiger charge is 2.17. The third-order valence-corrected chi connectivity index (χ3v) is 2.70. The van der Waals surface area contributed by atoms with Crippen LogP contribution >= 0.6 is 0 Å². The summed E-state index contributed by atoms with van der Waals surface area (Å²) in [6, 6.07) is 5.37. The summed E-state index contributed by atoms with van der Waals surface area (Å²) in [6.07, 6.45) is 0. The number of hydrogen-bond donors (Lipinski definition) is 1. The van der Waals surface area contributed by atoms with Gasteiger partial charge in [0.1, 0.15) is 4.90 Å². The van der Waals surface area contributed by atoms with Gasteiger partial charge < -0.3 is 9.92 Å². The van der Waals surface area contributed by atoms with Crippen molar-refractivity contribution in [2.75, 3.05) is 5.73 Å². The molecule has 2 N–H and O–H groups in total. The van der Waals surface area contributed by atoms with Crippen LogP contribution in [0.4, 0.5) is 5.69 Å². The van der Waals surface area contributed by atoms with Gasteiger partial charge in [-0.25, -0.2) is 0 Å². The molecule has 0 fully saturated rings. The van der Waals surface area contributed by atoms with E-state index in [-0.39, 0.29) is 4.90 Å². The van der Waals surface area contributed by atoms with Gasteiger partial charge >= 0.3 is 16.1 Å². The monoisotopic (exact) mass is 215 g/mol. The van der Waals surface area contributed by atoms with E-state index in [1.165, 1.54) is 24.3 Å². The molecule has 0 aliphatic heterocycles. The molecule has 0 spiro atoms. The van der Waals surface area contributed by atoms with Gasteiger partial charge in [0.15, 0.2) is 0 Å². The first-order valence-corrected chi connectivity index (χ1v) is 5.13. The maximum absolute atomic E-state index is 11.3. The van der Waals surface area contributed by atoms with Crippen LogP contribution in [0.1, 0.15) is 6.92 Å². The number of hydrogen-bond acceptors (Lipinski definition) is 5. The number of carbonyl (C=O) groups is 1. The van der Waals surface area contributed by atoms with E-state index < -0.39 is 16.1 Å². The SMILES string of the molecule is CC(=O)OS(=O)(=O)c1ccc(N)cc1. The second-order valence-electron chi connectivity index (χ2n) is 2.60. The third kappa shape index (κ3) is 2.46. The molecular weight excluding hydrogens is 206 g/mol. The van der Waals surface area contributed by atoms with Gasteiger partial charge in [0.05, 0.1) is 0 Å². The van der Waals surface area contributed by atoms with Crippen LogP contribution in [-0.4, -0.2) is 14.4 Å². The predicted octanol–water partition coefficient (Wildman–Crippen LogP) is 0.521. The fourth-order valence-corrected chi connectivity index (χ4v) is 1.71. The predicted molar refractivity (Wildman–Crippen MR) is 49.8 cm³/mol. The normalized spacial score (nSPS) is 10.9. The van der Waals surface area contributed by atoms with Gasteiger partial charge in [-0.05, 0) is 24.3 Å². The van der Waals surface area contributed by atoms with Crippen molar-refractivity contribution < 1.29 is 17.4 Å². The molecule has 0 heterocycles. The van der Waals surface area contributed by atoms with Crippen LogP contribution in [0.3, 0.4) is 0 Å². The number of anilines is 1. The van der Waals surface area contributed by atoms with E-state index >= 15 is 0 Å². The molecule has 0 saturated carbocycles. The first-order chi connectivity index (χ1) is 6.42. The summed E-state index contributed by atoms with van der Waals surface area (Å²) in [5.74, 6) is -0.873. The van der Waals surface area contributed by atoms with Gasteiger partial charge in [-0.2, -0.15) is 8.42 Å². The molecule has 6 heteroatoms. The summed E-state index contributed by atoms with van der Waals surface area (Å²) in [7, 11) is -3.98. The average Bonchev–Trinajstić information content (AvgIpc) is 2.02. The van der Waals surface area contributed by atoms with Crippen molar-refractivity contribution in [3.8, 4) is 0 Å². The van der Waals surface area contributed by atoms with Crippen molar-refractivity contribution in [3.05, 3.63) is 24.3 Å². The zero-order chi connectivity index (χ0) is 10.8. The molecule has 76 valence electrons. The van der Waals surface area contributed by atoms with E-state index in [9.17, 15) is 13.2 Å². The molecule has 0 radical (unpaired) electrons. The van der Waals surface area contributed by atoms with Gasteiger partial charge in [-0.1, -0.05) is 0 Å². The van der Waals surface area contributed by atoms with Gasteiger partial charge in [-0.15, -0.1) is 0 Å². The molecule has 1 rings (SSSR count). The van der Waals surface area contributed by atoms with E-state index in [4.69, 9.17) is 5.73 Å². The molecule has 1 aromatic rings. The smallest absolute Gasteiger partial charge is 0.341 e. The molecule has 0 amide bonds. The van der Waals surface area contributed by atoms with E-state index in [1.54, 1.807) is 0 Å². The number of benzene rings is 1. The zero-order valence-electron chi connectivity index (χ0n) is 7.43. The Kier molecular flexibility index (Phi) is 2.76. The molecule has 1 aromatic carbocycles. The molecule has 0 aliphatic carbocycles. The van der Waals surface area contributed by atoms with Crippen molar-refractivity contribution in [2.45, 2.75) is 11.8 Å². The Hall–Kier alpha value is -1.56. The topological polar surface area (TPSA) is 86.5 Å². The van der Waals surface area contributed by atoms with Gasteiger partial charge in [0, 0.05) is 12.6 Å². The van der Waals surface area contributed by atoms with Crippen molar-refractivity contribution in [2.24, 2.45) is 0 Å². The highest BCUT2D eigenvalue weighted by Crippen LogP contribution is 2.14. The van der Waals surface area contributed by atoms with Gasteiger partial charge in [-0.3, -0.25) is 4.79 Å². The number of nitrogens with two attached hydrogens (primary N) is 1.